The van der Waals surface area contributed by atoms with Gasteiger partial charge in [-0.25, -0.2) is 0 Å². The Kier molecular flexibility index (Phi) is 6.17. The number of thioether (sulfide) groups is 1. The summed E-state index contributed by atoms with van der Waals surface area (Å²) in [7, 11) is 0. The number of amides is 2. The van der Waals surface area contributed by atoms with Gasteiger partial charge in [-0.15, -0.1) is 11.8 Å². The van der Waals surface area contributed by atoms with Crippen molar-refractivity contribution in [3.05, 3.63) is 23.2 Å². The van der Waals surface area contributed by atoms with Gasteiger partial charge in [0.05, 0.1) is 10.9 Å². The van der Waals surface area contributed by atoms with Crippen LogP contribution in [-0.2, 0) is 9.59 Å². The van der Waals surface area contributed by atoms with Gasteiger partial charge >= 0.3 is 0 Å². The summed E-state index contributed by atoms with van der Waals surface area (Å²) in [6.45, 7) is 6.48. The van der Waals surface area contributed by atoms with Gasteiger partial charge in [-0.05, 0) is 37.5 Å². The minimum absolute atomic E-state index is 0.117. The predicted molar refractivity (Wildman–Crippen MR) is 99.4 cm³/mol. The van der Waals surface area contributed by atoms with Crippen molar-refractivity contribution in [2.24, 2.45) is 11.7 Å². The van der Waals surface area contributed by atoms with E-state index in [0.717, 1.165) is 11.3 Å². The SMILES string of the molecule is CC(C)CC(C)(CN)NC(=O)CC1Sc2ccc(Cl)cc2NC1=O. The number of hydrogen-bond donors (Lipinski definition) is 3. The Morgan fingerprint density at radius 2 is 2.21 bits per heavy atom. The Balaban J connectivity index is 2.01. The topological polar surface area (TPSA) is 84.2 Å². The second-order valence-corrected chi connectivity index (χ2v) is 8.53. The molecule has 0 aliphatic carbocycles. The molecule has 2 rings (SSSR count). The van der Waals surface area contributed by atoms with E-state index in [0.29, 0.717) is 23.2 Å². The molecule has 0 radical (unpaired) electrons. The summed E-state index contributed by atoms with van der Waals surface area (Å²) in [5.74, 6) is 0.0831. The standard InChI is InChI=1S/C17H24ClN3O2S/c1-10(2)8-17(3,9-19)21-15(22)7-14-16(23)20-12-6-11(18)4-5-13(12)24-14/h4-6,10,14H,7-9,19H2,1-3H3,(H,20,23)(H,21,22). The van der Waals surface area contributed by atoms with Crippen LogP contribution in [0.2, 0.25) is 5.02 Å². The Morgan fingerprint density at radius 1 is 1.50 bits per heavy atom. The lowest BCUT2D eigenvalue weighted by molar-refractivity contribution is -0.125. The molecule has 1 aromatic carbocycles. The zero-order chi connectivity index (χ0) is 17.9. The number of nitrogens with two attached hydrogens (primary N) is 1. The maximum atomic E-state index is 12.4. The molecule has 5 nitrogen and oxygen atoms in total. The lowest BCUT2D eigenvalue weighted by atomic mass is 9.90. The summed E-state index contributed by atoms with van der Waals surface area (Å²) in [6.07, 6.45) is 0.910. The summed E-state index contributed by atoms with van der Waals surface area (Å²) in [4.78, 5) is 25.6. The lowest BCUT2D eigenvalue weighted by Crippen LogP contribution is -2.53. The fraction of sp³-hybridized carbons (Fsp3) is 0.529. The number of halogens is 1. The smallest absolute Gasteiger partial charge is 0.238 e. The maximum Gasteiger partial charge on any atom is 0.238 e. The molecule has 2 atom stereocenters. The number of anilines is 1. The van der Waals surface area contributed by atoms with Crippen molar-refractivity contribution in [3.8, 4) is 0 Å². The molecule has 0 bridgehead atoms. The van der Waals surface area contributed by atoms with E-state index >= 15 is 0 Å². The van der Waals surface area contributed by atoms with Crippen molar-refractivity contribution < 1.29 is 9.59 Å². The summed E-state index contributed by atoms with van der Waals surface area (Å²) in [6, 6.07) is 5.35. The van der Waals surface area contributed by atoms with Gasteiger partial charge in [0, 0.05) is 28.4 Å². The van der Waals surface area contributed by atoms with E-state index in [2.05, 4.69) is 24.5 Å². The third-order valence-corrected chi connectivity index (χ3v) is 5.39. The van der Waals surface area contributed by atoms with Crippen LogP contribution < -0.4 is 16.4 Å². The molecule has 4 N–H and O–H groups in total. The average molecular weight is 370 g/mol. The molecule has 132 valence electrons. The quantitative estimate of drug-likeness (QED) is 0.719. The number of nitrogens with one attached hydrogen (secondary N) is 2. The molecule has 0 spiro atoms. The van der Waals surface area contributed by atoms with Crippen LogP contribution >= 0.6 is 23.4 Å². The zero-order valence-electron chi connectivity index (χ0n) is 14.2. The van der Waals surface area contributed by atoms with Crippen molar-refractivity contribution in [2.45, 2.75) is 49.3 Å². The van der Waals surface area contributed by atoms with Crippen molar-refractivity contribution >= 4 is 40.9 Å². The molecule has 0 saturated heterocycles. The molecule has 1 heterocycles. The fourth-order valence-corrected chi connectivity index (χ4v) is 4.16. The Labute approximate surface area is 152 Å². The Morgan fingerprint density at radius 3 is 2.83 bits per heavy atom. The molecule has 7 heteroatoms. The molecule has 2 unspecified atom stereocenters. The van der Waals surface area contributed by atoms with Crippen molar-refractivity contribution in [3.63, 3.8) is 0 Å². The van der Waals surface area contributed by atoms with E-state index in [9.17, 15) is 9.59 Å². The molecule has 1 aromatic rings. The van der Waals surface area contributed by atoms with Crippen LogP contribution in [0.25, 0.3) is 0 Å². The first kappa shape index (κ1) is 19.1. The largest absolute Gasteiger partial charge is 0.350 e. The van der Waals surface area contributed by atoms with Crippen LogP contribution in [0.1, 0.15) is 33.6 Å². The van der Waals surface area contributed by atoms with E-state index in [1.165, 1.54) is 11.8 Å². The van der Waals surface area contributed by atoms with E-state index < -0.39 is 10.8 Å². The maximum absolute atomic E-state index is 12.4. The van der Waals surface area contributed by atoms with Gasteiger partial charge in [0.25, 0.3) is 0 Å². The summed E-state index contributed by atoms with van der Waals surface area (Å²) in [5.41, 5.74) is 6.07. The number of rotatable bonds is 6. The number of hydrogen-bond acceptors (Lipinski definition) is 4. The van der Waals surface area contributed by atoms with Gasteiger partial charge in [-0.1, -0.05) is 25.4 Å². The minimum Gasteiger partial charge on any atom is -0.350 e. The van der Waals surface area contributed by atoms with Gasteiger partial charge in [0.15, 0.2) is 0 Å². The molecule has 2 amide bonds. The molecule has 0 aromatic heterocycles. The first-order valence-corrected chi connectivity index (χ1v) is 9.26. The van der Waals surface area contributed by atoms with E-state index in [-0.39, 0.29) is 18.2 Å². The van der Waals surface area contributed by atoms with E-state index in [1.54, 1.807) is 12.1 Å². The highest BCUT2D eigenvalue weighted by atomic mass is 35.5. The normalized spacial score (nSPS) is 19.4. The molecule has 0 saturated carbocycles. The summed E-state index contributed by atoms with van der Waals surface area (Å²) in [5, 5.41) is 5.92. The van der Waals surface area contributed by atoms with Gasteiger partial charge in [-0.2, -0.15) is 0 Å². The van der Waals surface area contributed by atoms with Gasteiger partial charge in [-0.3, -0.25) is 9.59 Å². The summed E-state index contributed by atoms with van der Waals surface area (Å²) < 4.78 is 0. The highest BCUT2D eigenvalue weighted by Crippen LogP contribution is 2.38. The Hall–Kier alpha value is -1.24. The Bertz CT molecular complexity index is 638. The molecular weight excluding hydrogens is 346 g/mol. The molecule has 0 fully saturated rings. The first-order chi connectivity index (χ1) is 11.2. The predicted octanol–water partition coefficient (Wildman–Crippen LogP) is 3.02. The monoisotopic (exact) mass is 369 g/mol. The van der Waals surface area contributed by atoms with Crippen LogP contribution in [0.15, 0.2) is 23.1 Å². The highest BCUT2D eigenvalue weighted by molar-refractivity contribution is 8.01. The van der Waals surface area contributed by atoms with Crippen LogP contribution in [0.4, 0.5) is 5.69 Å². The van der Waals surface area contributed by atoms with E-state index in [4.69, 9.17) is 17.3 Å². The van der Waals surface area contributed by atoms with Gasteiger partial charge in [0.2, 0.25) is 11.8 Å². The zero-order valence-corrected chi connectivity index (χ0v) is 15.8. The fourth-order valence-electron chi connectivity index (χ4n) is 2.90. The third-order valence-electron chi connectivity index (χ3n) is 3.88. The number of benzene rings is 1. The second kappa shape index (κ2) is 7.76. The van der Waals surface area contributed by atoms with Crippen molar-refractivity contribution in [2.75, 3.05) is 11.9 Å². The number of fused-ring (bicyclic) bond motifs is 1. The second-order valence-electron chi connectivity index (χ2n) is 6.85. The van der Waals surface area contributed by atoms with Gasteiger partial charge in [0.1, 0.15) is 0 Å². The highest BCUT2D eigenvalue weighted by Gasteiger charge is 2.32. The molecule has 1 aliphatic rings. The van der Waals surface area contributed by atoms with Crippen molar-refractivity contribution in [1.29, 1.82) is 0 Å². The van der Waals surface area contributed by atoms with Crippen molar-refractivity contribution in [1.82, 2.24) is 5.32 Å². The van der Waals surface area contributed by atoms with Crippen LogP contribution in [-0.4, -0.2) is 29.1 Å². The summed E-state index contributed by atoms with van der Waals surface area (Å²) >= 11 is 7.33. The van der Waals surface area contributed by atoms with Crippen LogP contribution in [0, 0.1) is 5.92 Å². The lowest BCUT2D eigenvalue weighted by Gasteiger charge is -2.32. The van der Waals surface area contributed by atoms with Gasteiger partial charge < -0.3 is 16.4 Å². The molecule has 24 heavy (non-hydrogen) atoms. The molecule has 1 aliphatic heterocycles. The van der Waals surface area contributed by atoms with E-state index in [1.807, 2.05) is 13.0 Å². The van der Waals surface area contributed by atoms with Crippen LogP contribution in [0.3, 0.4) is 0 Å². The first-order valence-electron chi connectivity index (χ1n) is 8.00. The minimum atomic E-state index is -0.459. The average Bonchev–Trinajstić information content (AvgIpc) is 2.47. The third kappa shape index (κ3) is 4.88. The number of carbonyl (C=O) groups is 2. The van der Waals surface area contributed by atoms with Crippen LogP contribution in [0.5, 0.6) is 0 Å². The number of carbonyl (C=O) groups excluding carboxylic acids is 2. The molecular formula is C17H24ClN3O2S.